The molecule has 0 fully saturated rings. The van der Waals surface area contributed by atoms with Crippen molar-refractivity contribution in [3.8, 4) is 0 Å². The molecule has 0 aromatic heterocycles. The van der Waals surface area contributed by atoms with Crippen molar-refractivity contribution in [2.45, 2.75) is 29.2 Å². The Morgan fingerprint density at radius 2 is 1.65 bits per heavy atom. The quantitative estimate of drug-likeness (QED) is 0.297. The predicted octanol–water partition coefficient (Wildman–Crippen LogP) is 4.64. The first-order chi connectivity index (χ1) is 15.8. The Balaban J connectivity index is 0.00000408. The number of aliphatic hydroxyl groups is 1. The first-order valence-corrected chi connectivity index (χ1v) is 12.4. The van der Waals surface area contributed by atoms with Crippen molar-refractivity contribution in [1.29, 1.82) is 0 Å². The molecule has 3 rings (SSSR count). The molecule has 0 aliphatic carbocycles. The summed E-state index contributed by atoms with van der Waals surface area (Å²) in [4.78, 5) is 12.0. The number of carbonyl (C=O) groups excluding carboxylic acids is 1. The SMILES string of the molecule is CCOC(=O)c1ccc(S(=O)(=O)c2ccc(CCNC[C@@H](O)c3cccc(Cl)c3)cc2)cc1.Cl. The van der Waals surface area contributed by atoms with E-state index in [0.717, 1.165) is 11.1 Å². The molecular weight excluding hydrogens is 497 g/mol. The fraction of sp³-hybridized carbons (Fsp3) is 0.240. The first kappa shape index (κ1) is 27.8. The van der Waals surface area contributed by atoms with Gasteiger partial charge in [0.05, 0.1) is 28.1 Å². The number of halogens is 2. The summed E-state index contributed by atoms with van der Waals surface area (Å²) < 4.78 is 30.7. The lowest BCUT2D eigenvalue weighted by Gasteiger charge is -2.13. The third kappa shape index (κ3) is 7.29. The van der Waals surface area contributed by atoms with E-state index in [-0.39, 0.29) is 28.8 Å². The average Bonchev–Trinajstić information content (AvgIpc) is 2.82. The molecule has 0 aliphatic heterocycles. The van der Waals surface area contributed by atoms with Gasteiger partial charge in [-0.05, 0) is 79.5 Å². The van der Waals surface area contributed by atoms with Crippen LogP contribution in [0.25, 0.3) is 0 Å². The van der Waals surface area contributed by atoms with Crippen molar-refractivity contribution >= 4 is 39.8 Å². The molecule has 1 atom stereocenters. The van der Waals surface area contributed by atoms with Gasteiger partial charge in [-0.2, -0.15) is 0 Å². The number of rotatable bonds is 10. The molecule has 0 aliphatic rings. The molecule has 9 heteroatoms. The average molecular weight is 524 g/mol. The summed E-state index contributed by atoms with van der Waals surface area (Å²) in [7, 11) is -3.69. The van der Waals surface area contributed by atoms with Crippen LogP contribution in [0.2, 0.25) is 5.02 Å². The molecule has 34 heavy (non-hydrogen) atoms. The number of carbonyl (C=O) groups is 1. The van der Waals surface area contributed by atoms with E-state index in [9.17, 15) is 18.3 Å². The van der Waals surface area contributed by atoms with Crippen molar-refractivity contribution in [3.63, 3.8) is 0 Å². The number of hydrogen-bond donors (Lipinski definition) is 2. The van der Waals surface area contributed by atoms with Gasteiger partial charge in [-0.15, -0.1) is 12.4 Å². The topological polar surface area (TPSA) is 92.7 Å². The first-order valence-electron chi connectivity index (χ1n) is 10.6. The maximum Gasteiger partial charge on any atom is 0.338 e. The minimum absolute atomic E-state index is 0. The third-order valence-electron chi connectivity index (χ3n) is 5.07. The molecule has 182 valence electrons. The van der Waals surface area contributed by atoms with Gasteiger partial charge in [0.2, 0.25) is 9.84 Å². The summed E-state index contributed by atoms with van der Waals surface area (Å²) in [5.74, 6) is -0.487. The largest absolute Gasteiger partial charge is 0.462 e. The molecular formula is C25H27Cl2NO5S. The fourth-order valence-electron chi connectivity index (χ4n) is 3.26. The Bertz CT molecular complexity index is 1180. The van der Waals surface area contributed by atoms with Crippen LogP contribution in [0.15, 0.2) is 82.6 Å². The minimum atomic E-state index is -3.69. The van der Waals surface area contributed by atoms with Crippen molar-refractivity contribution in [1.82, 2.24) is 5.32 Å². The summed E-state index contributed by atoms with van der Waals surface area (Å²) >= 11 is 5.95. The van der Waals surface area contributed by atoms with Gasteiger partial charge in [0.15, 0.2) is 0 Å². The highest BCUT2D eigenvalue weighted by Gasteiger charge is 2.18. The molecule has 0 heterocycles. The van der Waals surface area contributed by atoms with Crippen LogP contribution < -0.4 is 5.32 Å². The molecule has 0 spiro atoms. The zero-order valence-corrected chi connectivity index (χ0v) is 21.0. The second-order valence-corrected chi connectivity index (χ2v) is 9.80. The summed E-state index contributed by atoms with van der Waals surface area (Å²) in [5.41, 5.74) is 2.02. The van der Waals surface area contributed by atoms with E-state index in [4.69, 9.17) is 16.3 Å². The zero-order chi connectivity index (χ0) is 23.8. The van der Waals surface area contributed by atoms with Crippen LogP contribution in [0, 0.1) is 0 Å². The van der Waals surface area contributed by atoms with E-state index in [1.807, 2.05) is 6.07 Å². The smallest absolute Gasteiger partial charge is 0.338 e. The molecule has 0 bridgehead atoms. The number of ether oxygens (including phenoxy) is 1. The molecule has 2 N–H and O–H groups in total. The lowest BCUT2D eigenvalue weighted by atomic mass is 10.1. The van der Waals surface area contributed by atoms with Crippen molar-refractivity contribution < 1.29 is 23.1 Å². The Morgan fingerprint density at radius 3 is 2.24 bits per heavy atom. The molecule has 0 unspecified atom stereocenters. The van der Waals surface area contributed by atoms with Gasteiger partial charge in [-0.1, -0.05) is 35.9 Å². The van der Waals surface area contributed by atoms with Gasteiger partial charge >= 0.3 is 5.97 Å². The lowest BCUT2D eigenvalue weighted by molar-refractivity contribution is 0.0526. The summed E-state index contributed by atoms with van der Waals surface area (Å²) in [5, 5.41) is 14.0. The monoisotopic (exact) mass is 523 g/mol. The molecule has 0 saturated heterocycles. The number of sulfone groups is 1. The van der Waals surface area contributed by atoms with Crippen LogP contribution in [0.1, 0.15) is 34.5 Å². The van der Waals surface area contributed by atoms with Gasteiger partial charge in [-0.25, -0.2) is 13.2 Å². The molecule has 0 saturated carbocycles. The highest BCUT2D eigenvalue weighted by molar-refractivity contribution is 7.91. The van der Waals surface area contributed by atoms with Crippen LogP contribution in [0.5, 0.6) is 0 Å². The molecule has 3 aromatic carbocycles. The highest BCUT2D eigenvalue weighted by atomic mass is 35.5. The normalized spacial score (nSPS) is 12.0. The molecule has 0 amide bonds. The van der Waals surface area contributed by atoms with E-state index in [1.54, 1.807) is 49.4 Å². The van der Waals surface area contributed by atoms with E-state index >= 15 is 0 Å². The van der Waals surface area contributed by atoms with Gasteiger partial charge in [0.25, 0.3) is 0 Å². The van der Waals surface area contributed by atoms with Gasteiger partial charge in [0, 0.05) is 11.6 Å². The number of benzene rings is 3. The van der Waals surface area contributed by atoms with Crippen molar-refractivity contribution in [2.75, 3.05) is 19.7 Å². The Morgan fingerprint density at radius 1 is 1.03 bits per heavy atom. The summed E-state index contributed by atoms with van der Waals surface area (Å²) in [6, 6.07) is 19.5. The molecule has 0 radical (unpaired) electrons. The Kier molecular flexibility index (Phi) is 10.5. The summed E-state index contributed by atoms with van der Waals surface area (Å²) in [6.07, 6.45) is 0.0167. The lowest BCUT2D eigenvalue weighted by Crippen LogP contribution is -2.23. The maximum absolute atomic E-state index is 12.9. The van der Waals surface area contributed by atoms with Crippen LogP contribution in [0.4, 0.5) is 0 Å². The van der Waals surface area contributed by atoms with Gasteiger partial charge < -0.3 is 15.2 Å². The van der Waals surface area contributed by atoms with Crippen LogP contribution in [-0.4, -0.2) is 39.2 Å². The standard InChI is InChI=1S/C25H26ClNO5S.ClH/c1-2-32-25(29)19-8-12-23(13-9-19)33(30,31)22-10-6-18(7-11-22)14-15-27-17-24(28)20-4-3-5-21(26)16-20;/h3-13,16,24,27-28H,2,14-15,17H2,1H3;1H/t24-;/m1./s1. The van der Waals surface area contributed by atoms with E-state index in [2.05, 4.69) is 5.32 Å². The Labute approximate surface area is 211 Å². The molecule has 3 aromatic rings. The van der Waals surface area contributed by atoms with Gasteiger partial charge in [0.1, 0.15) is 0 Å². The van der Waals surface area contributed by atoms with Crippen LogP contribution in [-0.2, 0) is 21.0 Å². The maximum atomic E-state index is 12.9. The number of esters is 1. The second-order valence-electron chi connectivity index (χ2n) is 7.42. The second kappa shape index (κ2) is 12.9. The number of aliphatic hydroxyl groups excluding tert-OH is 1. The number of hydrogen-bond acceptors (Lipinski definition) is 6. The van der Waals surface area contributed by atoms with Crippen LogP contribution in [0.3, 0.4) is 0 Å². The van der Waals surface area contributed by atoms with Crippen molar-refractivity contribution in [3.05, 3.63) is 94.5 Å². The fourth-order valence-corrected chi connectivity index (χ4v) is 4.72. The van der Waals surface area contributed by atoms with E-state index < -0.39 is 21.9 Å². The van der Waals surface area contributed by atoms with Crippen molar-refractivity contribution in [2.24, 2.45) is 0 Å². The molecule has 6 nitrogen and oxygen atoms in total. The number of nitrogens with one attached hydrogen (secondary N) is 1. The minimum Gasteiger partial charge on any atom is -0.462 e. The van der Waals surface area contributed by atoms with Crippen LogP contribution >= 0.6 is 24.0 Å². The third-order valence-corrected chi connectivity index (χ3v) is 7.09. The van der Waals surface area contributed by atoms with Gasteiger partial charge in [-0.3, -0.25) is 0 Å². The van der Waals surface area contributed by atoms with E-state index in [0.29, 0.717) is 30.1 Å². The summed E-state index contributed by atoms with van der Waals surface area (Å²) in [6.45, 7) is 2.97. The zero-order valence-electron chi connectivity index (χ0n) is 18.6. The predicted molar refractivity (Wildman–Crippen MR) is 135 cm³/mol. The highest BCUT2D eigenvalue weighted by Crippen LogP contribution is 2.22. The Hall–Kier alpha value is -2.42. The van der Waals surface area contributed by atoms with E-state index in [1.165, 1.54) is 24.3 Å².